The average Bonchev–Trinajstić information content (AvgIpc) is 2.52. The molecule has 0 aliphatic carbocycles. The van der Waals surface area contributed by atoms with Crippen molar-refractivity contribution in [3.63, 3.8) is 0 Å². The van der Waals surface area contributed by atoms with Crippen molar-refractivity contribution in [2.24, 2.45) is 0 Å². The number of benzene rings is 1. The summed E-state index contributed by atoms with van der Waals surface area (Å²) in [5.74, 6) is -1.10. The van der Waals surface area contributed by atoms with Gasteiger partial charge in [0.15, 0.2) is 0 Å². The molecular formula is C17H23F2NO4. The fourth-order valence-corrected chi connectivity index (χ4v) is 2.59. The number of carbonyl (C=O) groups is 1. The number of unbranched alkanes of at least 4 members (excludes halogenated alkanes) is 6. The Morgan fingerprint density at radius 1 is 1.08 bits per heavy atom. The molecule has 0 spiro atoms. The molecule has 5 nitrogen and oxygen atoms in total. The van der Waals surface area contributed by atoms with Crippen molar-refractivity contribution in [2.45, 2.75) is 64.2 Å². The van der Waals surface area contributed by atoms with Gasteiger partial charge >= 0.3 is 5.97 Å². The molecule has 134 valence electrons. The summed E-state index contributed by atoms with van der Waals surface area (Å²) in [5, 5.41) is 20.0. The number of nitro groups is 1. The van der Waals surface area contributed by atoms with Crippen LogP contribution in [0.3, 0.4) is 0 Å². The molecule has 0 aromatic heterocycles. The van der Waals surface area contributed by atoms with E-state index in [1.54, 1.807) is 0 Å². The summed E-state index contributed by atoms with van der Waals surface area (Å²) in [6.07, 6.45) is 3.99. The number of hydrogen-bond acceptors (Lipinski definition) is 3. The Bertz CT molecular complexity index is 549. The van der Waals surface area contributed by atoms with Gasteiger partial charge in [0, 0.05) is 18.1 Å². The Morgan fingerprint density at radius 3 is 2.21 bits per heavy atom. The maximum Gasteiger partial charge on any atom is 0.335 e. The first-order chi connectivity index (χ1) is 11.4. The number of alkyl halides is 2. The zero-order valence-corrected chi connectivity index (χ0v) is 13.5. The van der Waals surface area contributed by atoms with Gasteiger partial charge < -0.3 is 5.11 Å². The highest BCUT2D eigenvalue weighted by molar-refractivity contribution is 5.88. The summed E-state index contributed by atoms with van der Waals surface area (Å²) in [5.41, 5.74) is 0.443. The third-order valence-corrected chi connectivity index (χ3v) is 3.89. The minimum absolute atomic E-state index is 0.0381. The van der Waals surface area contributed by atoms with Gasteiger partial charge in [0.2, 0.25) is 6.43 Å². The maximum atomic E-state index is 12.0. The molecule has 0 aliphatic rings. The van der Waals surface area contributed by atoms with Crippen LogP contribution in [0, 0.1) is 10.1 Å². The maximum absolute atomic E-state index is 12.0. The second-order valence-electron chi connectivity index (χ2n) is 5.81. The lowest BCUT2D eigenvalue weighted by molar-refractivity contribution is -0.385. The smallest absolute Gasteiger partial charge is 0.335 e. The van der Waals surface area contributed by atoms with Gasteiger partial charge in [-0.15, -0.1) is 0 Å². The van der Waals surface area contributed by atoms with Crippen LogP contribution in [-0.4, -0.2) is 22.4 Å². The summed E-state index contributed by atoms with van der Waals surface area (Å²) in [7, 11) is 0. The molecule has 24 heavy (non-hydrogen) atoms. The highest BCUT2D eigenvalue weighted by atomic mass is 19.3. The molecule has 0 aliphatic heterocycles. The molecule has 1 aromatic rings. The molecule has 0 bridgehead atoms. The molecule has 1 aromatic carbocycles. The Hall–Kier alpha value is -2.05. The first kappa shape index (κ1) is 20.0. The molecule has 0 atom stereocenters. The SMILES string of the molecule is O=C(O)c1ccc([N+](=O)[O-])c(CCCCCCCCCC(F)F)c1. The number of hydrogen-bond donors (Lipinski definition) is 1. The zero-order chi connectivity index (χ0) is 17.9. The number of nitro benzene ring substituents is 1. The van der Waals surface area contributed by atoms with E-state index in [1.165, 1.54) is 18.2 Å². The van der Waals surface area contributed by atoms with E-state index in [4.69, 9.17) is 5.11 Å². The lowest BCUT2D eigenvalue weighted by atomic mass is 10.0. The number of halogens is 2. The summed E-state index contributed by atoms with van der Waals surface area (Å²) in [4.78, 5) is 21.5. The molecule has 0 saturated carbocycles. The van der Waals surface area contributed by atoms with Gasteiger partial charge in [0.1, 0.15) is 0 Å². The second kappa shape index (κ2) is 10.7. The van der Waals surface area contributed by atoms with Gasteiger partial charge in [0.25, 0.3) is 5.69 Å². The molecule has 0 amide bonds. The van der Waals surface area contributed by atoms with Gasteiger partial charge in [-0.05, 0) is 31.4 Å². The Kier molecular flexibility index (Phi) is 8.89. The molecule has 1 N–H and O–H groups in total. The van der Waals surface area contributed by atoms with Crippen molar-refractivity contribution in [2.75, 3.05) is 0 Å². The molecule has 0 fully saturated rings. The number of carboxylic acids is 1. The summed E-state index contributed by atoms with van der Waals surface area (Å²) < 4.78 is 23.9. The van der Waals surface area contributed by atoms with Gasteiger partial charge in [0.05, 0.1) is 10.5 Å². The highest BCUT2D eigenvalue weighted by Crippen LogP contribution is 2.23. The third kappa shape index (κ3) is 7.48. The lowest BCUT2D eigenvalue weighted by Crippen LogP contribution is -2.01. The Morgan fingerprint density at radius 2 is 1.67 bits per heavy atom. The van der Waals surface area contributed by atoms with Crippen LogP contribution in [-0.2, 0) is 6.42 Å². The van der Waals surface area contributed by atoms with Crippen molar-refractivity contribution in [3.05, 3.63) is 39.4 Å². The van der Waals surface area contributed by atoms with E-state index in [0.717, 1.165) is 38.5 Å². The minimum Gasteiger partial charge on any atom is -0.478 e. The van der Waals surface area contributed by atoms with Crippen LogP contribution in [0.4, 0.5) is 14.5 Å². The van der Waals surface area contributed by atoms with Crippen LogP contribution in [0.2, 0.25) is 0 Å². The molecule has 1 rings (SSSR count). The van der Waals surface area contributed by atoms with Crippen LogP contribution < -0.4 is 0 Å². The monoisotopic (exact) mass is 343 g/mol. The van der Waals surface area contributed by atoms with Crippen molar-refractivity contribution >= 4 is 11.7 Å². The predicted molar refractivity (Wildman–Crippen MR) is 86.7 cm³/mol. The lowest BCUT2D eigenvalue weighted by Gasteiger charge is -2.05. The van der Waals surface area contributed by atoms with E-state index in [-0.39, 0.29) is 17.7 Å². The van der Waals surface area contributed by atoms with E-state index < -0.39 is 17.3 Å². The van der Waals surface area contributed by atoms with Crippen molar-refractivity contribution < 1.29 is 23.6 Å². The normalized spacial score (nSPS) is 11.0. The number of aromatic carboxylic acids is 1. The van der Waals surface area contributed by atoms with E-state index in [9.17, 15) is 23.7 Å². The minimum atomic E-state index is -2.22. The topological polar surface area (TPSA) is 80.4 Å². The van der Waals surface area contributed by atoms with Gasteiger partial charge in [-0.3, -0.25) is 10.1 Å². The standard InChI is InChI=1S/C17H23F2NO4/c18-16(19)9-7-5-3-1-2-4-6-8-13-12-14(17(21)22)10-11-15(13)20(23)24/h10-12,16H,1-9H2,(H,21,22). The van der Waals surface area contributed by atoms with Crippen LogP contribution >= 0.6 is 0 Å². The summed E-state index contributed by atoms with van der Waals surface area (Å²) in [6, 6.07) is 3.84. The predicted octanol–water partition coefficient (Wildman–Crippen LogP) is 5.22. The van der Waals surface area contributed by atoms with Crippen molar-refractivity contribution in [3.8, 4) is 0 Å². The number of aryl methyl sites for hydroxylation is 1. The average molecular weight is 343 g/mol. The van der Waals surface area contributed by atoms with Gasteiger partial charge in [-0.25, -0.2) is 13.6 Å². The highest BCUT2D eigenvalue weighted by Gasteiger charge is 2.16. The first-order valence-electron chi connectivity index (χ1n) is 8.20. The van der Waals surface area contributed by atoms with E-state index >= 15 is 0 Å². The van der Waals surface area contributed by atoms with Crippen LogP contribution in [0.1, 0.15) is 67.3 Å². The van der Waals surface area contributed by atoms with Crippen LogP contribution in [0.25, 0.3) is 0 Å². The molecule has 0 saturated heterocycles. The molecule has 0 unspecified atom stereocenters. The van der Waals surface area contributed by atoms with Crippen molar-refractivity contribution in [1.29, 1.82) is 0 Å². The Balaban J connectivity index is 2.32. The third-order valence-electron chi connectivity index (χ3n) is 3.89. The second-order valence-corrected chi connectivity index (χ2v) is 5.81. The Labute approximate surface area is 139 Å². The molecule has 0 heterocycles. The first-order valence-corrected chi connectivity index (χ1v) is 8.20. The van der Waals surface area contributed by atoms with Crippen LogP contribution in [0.5, 0.6) is 0 Å². The molecule has 7 heteroatoms. The van der Waals surface area contributed by atoms with E-state index in [0.29, 0.717) is 18.4 Å². The number of carboxylic acid groups (broad SMARTS) is 1. The molecule has 0 radical (unpaired) electrons. The van der Waals surface area contributed by atoms with Gasteiger partial charge in [-0.1, -0.05) is 32.1 Å². The van der Waals surface area contributed by atoms with Gasteiger partial charge in [-0.2, -0.15) is 0 Å². The van der Waals surface area contributed by atoms with E-state index in [1.807, 2.05) is 0 Å². The van der Waals surface area contributed by atoms with Crippen LogP contribution in [0.15, 0.2) is 18.2 Å². The number of nitrogens with zero attached hydrogens (tertiary/aromatic N) is 1. The fraction of sp³-hybridized carbons (Fsp3) is 0.588. The summed E-state index contributed by atoms with van der Waals surface area (Å²) in [6.45, 7) is 0. The summed E-state index contributed by atoms with van der Waals surface area (Å²) >= 11 is 0. The zero-order valence-electron chi connectivity index (χ0n) is 13.5. The fourth-order valence-electron chi connectivity index (χ4n) is 2.59. The quantitative estimate of drug-likeness (QED) is 0.320. The number of rotatable bonds is 12. The largest absolute Gasteiger partial charge is 0.478 e. The van der Waals surface area contributed by atoms with E-state index in [2.05, 4.69) is 0 Å². The molecular weight excluding hydrogens is 320 g/mol. The van der Waals surface area contributed by atoms with Crippen molar-refractivity contribution in [1.82, 2.24) is 0 Å².